The number of esters is 2. The number of rotatable bonds is 16. The van der Waals surface area contributed by atoms with E-state index in [0.717, 1.165) is 30.2 Å². The third kappa shape index (κ3) is 11.1. The average molecular weight is 687 g/mol. The van der Waals surface area contributed by atoms with Gasteiger partial charge in [0.2, 0.25) is 0 Å². The first-order chi connectivity index (χ1) is 23.0. The van der Waals surface area contributed by atoms with Gasteiger partial charge in [-0.1, -0.05) is 90.1 Å². The number of halogens is 1. The van der Waals surface area contributed by atoms with E-state index in [-0.39, 0.29) is 27.5 Å². The van der Waals surface area contributed by atoms with Crippen molar-refractivity contribution in [1.82, 2.24) is 0 Å². The molecule has 8 heteroatoms. The number of carbonyl (C=O) groups is 2. The molecule has 0 unspecified atom stereocenters. The zero-order valence-corrected chi connectivity index (χ0v) is 31.3. The highest BCUT2D eigenvalue weighted by atomic mass is 28.4. The monoisotopic (exact) mass is 686 g/mol. The van der Waals surface area contributed by atoms with Crippen LogP contribution >= 0.6 is 0 Å². The quantitative estimate of drug-likeness (QED) is 0.0373. The summed E-state index contributed by atoms with van der Waals surface area (Å²) in [5, 5.41) is 0.00856. The largest absolute Gasteiger partial charge is 0.461 e. The van der Waals surface area contributed by atoms with E-state index in [0.29, 0.717) is 29.9 Å². The number of carbonyl (C=O) groups excluding carboxylic acids is 2. The average Bonchev–Trinajstić information content (AvgIpc) is 3.03. The molecule has 0 saturated heterocycles. The van der Waals surface area contributed by atoms with E-state index in [1.165, 1.54) is 37.7 Å². The summed E-state index contributed by atoms with van der Waals surface area (Å²) in [4.78, 5) is 24.7. The molecule has 0 aliphatic carbocycles. The lowest BCUT2D eigenvalue weighted by atomic mass is 9.96. The van der Waals surface area contributed by atoms with Crippen molar-refractivity contribution in [1.29, 1.82) is 0 Å². The fourth-order valence-electron chi connectivity index (χ4n) is 4.67. The summed E-state index contributed by atoms with van der Waals surface area (Å²) >= 11 is 0. The summed E-state index contributed by atoms with van der Waals surface area (Å²) in [6.07, 6.45) is 7.27. The summed E-state index contributed by atoms with van der Waals surface area (Å²) in [6.45, 7) is 23.8. The maximum Gasteiger partial charge on any atom is 0.338 e. The van der Waals surface area contributed by atoms with Gasteiger partial charge >= 0.3 is 11.9 Å². The lowest BCUT2D eigenvalue weighted by Gasteiger charge is -2.36. The van der Waals surface area contributed by atoms with Crippen LogP contribution in [0.25, 0.3) is 22.3 Å². The van der Waals surface area contributed by atoms with Crippen molar-refractivity contribution in [2.75, 3.05) is 6.61 Å². The van der Waals surface area contributed by atoms with Gasteiger partial charge in [0, 0.05) is 34.4 Å². The normalized spacial score (nSPS) is 11.8. The van der Waals surface area contributed by atoms with Gasteiger partial charge in [0.05, 0.1) is 0 Å². The number of benzene rings is 3. The van der Waals surface area contributed by atoms with Gasteiger partial charge in [0.1, 0.15) is 29.8 Å². The van der Waals surface area contributed by atoms with Gasteiger partial charge < -0.3 is 18.6 Å². The standard InChI is InChI=1S/C41H51FO6Si/c1-11-12-13-14-30-15-17-31(18-16-30)32-19-20-34(36(42)25-32)35-27-37(45-23-24-46-39(43)28(2)3)33(26-38(35)48-40(44)29(4)5)21-22-47-49(9,10)41(6,7)8/h15-20,23-27H,2,4,11-14,21-22H2,1,3,5-10H3/b24-23-. The first-order valence-electron chi connectivity index (χ1n) is 16.8. The highest BCUT2D eigenvalue weighted by molar-refractivity contribution is 6.74. The van der Waals surface area contributed by atoms with E-state index in [1.807, 2.05) is 18.2 Å². The van der Waals surface area contributed by atoms with Gasteiger partial charge in [-0.3, -0.25) is 0 Å². The van der Waals surface area contributed by atoms with Crippen molar-refractivity contribution in [3.63, 3.8) is 0 Å². The van der Waals surface area contributed by atoms with Crippen LogP contribution in [0.2, 0.25) is 18.1 Å². The molecular weight excluding hydrogens is 636 g/mol. The van der Waals surface area contributed by atoms with Crippen LogP contribution < -0.4 is 9.47 Å². The fourth-order valence-corrected chi connectivity index (χ4v) is 5.71. The molecule has 0 fully saturated rings. The van der Waals surface area contributed by atoms with Gasteiger partial charge in [-0.2, -0.15) is 0 Å². The van der Waals surface area contributed by atoms with E-state index in [4.69, 9.17) is 18.6 Å². The predicted octanol–water partition coefficient (Wildman–Crippen LogP) is 10.9. The highest BCUT2D eigenvalue weighted by Gasteiger charge is 2.37. The maximum atomic E-state index is 16.0. The molecule has 0 spiro atoms. The van der Waals surface area contributed by atoms with Crippen LogP contribution in [0.3, 0.4) is 0 Å². The van der Waals surface area contributed by atoms with E-state index >= 15 is 4.39 Å². The topological polar surface area (TPSA) is 71.1 Å². The van der Waals surface area contributed by atoms with Crippen molar-refractivity contribution in [3.05, 3.63) is 108 Å². The maximum absolute atomic E-state index is 16.0. The summed E-state index contributed by atoms with van der Waals surface area (Å²) in [5.74, 6) is -1.22. The van der Waals surface area contributed by atoms with E-state index in [1.54, 1.807) is 25.1 Å². The minimum Gasteiger partial charge on any atom is -0.461 e. The molecule has 0 saturated carbocycles. The van der Waals surface area contributed by atoms with Crippen LogP contribution in [-0.4, -0.2) is 26.9 Å². The third-order valence-electron chi connectivity index (χ3n) is 8.74. The Labute approximate surface area is 292 Å². The molecule has 6 nitrogen and oxygen atoms in total. The van der Waals surface area contributed by atoms with Crippen LogP contribution in [0.4, 0.5) is 4.39 Å². The van der Waals surface area contributed by atoms with Crippen molar-refractivity contribution in [2.45, 2.75) is 91.8 Å². The van der Waals surface area contributed by atoms with E-state index < -0.39 is 26.1 Å². The van der Waals surface area contributed by atoms with Crippen molar-refractivity contribution in [2.24, 2.45) is 0 Å². The second-order valence-corrected chi connectivity index (χ2v) is 18.7. The second kappa shape index (κ2) is 17.4. The molecule has 0 amide bonds. The minimum absolute atomic E-state index is 0.00856. The SMILES string of the molecule is C=C(C)C(=O)O/C=C\Oc1cc(-c2ccc(-c3ccc(CCCCC)cc3)cc2F)c(OC(=O)C(=C)C)cc1CCO[Si](C)(C)C(C)(C)C. The Bertz CT molecular complexity index is 1680. The molecule has 3 aromatic carbocycles. The van der Waals surface area contributed by atoms with E-state index in [2.05, 4.69) is 66.1 Å². The molecule has 0 heterocycles. The van der Waals surface area contributed by atoms with Crippen LogP contribution in [0.15, 0.2) is 91.4 Å². The molecule has 0 aliphatic rings. The lowest BCUT2D eigenvalue weighted by Crippen LogP contribution is -2.41. The Morgan fingerprint density at radius 2 is 1.47 bits per heavy atom. The van der Waals surface area contributed by atoms with Crippen LogP contribution in [0.5, 0.6) is 11.5 Å². The lowest BCUT2D eigenvalue weighted by molar-refractivity contribution is -0.133. The number of aryl methyl sites for hydroxylation is 1. The zero-order chi connectivity index (χ0) is 36.4. The molecule has 0 N–H and O–H groups in total. The number of hydrogen-bond acceptors (Lipinski definition) is 6. The Morgan fingerprint density at radius 1 is 0.816 bits per heavy atom. The van der Waals surface area contributed by atoms with Gasteiger partial charge in [0.25, 0.3) is 0 Å². The Hall–Kier alpha value is -4.27. The first-order valence-corrected chi connectivity index (χ1v) is 19.7. The molecule has 0 bridgehead atoms. The molecule has 0 aromatic heterocycles. The summed E-state index contributed by atoms with van der Waals surface area (Å²) < 4.78 is 39.2. The first kappa shape index (κ1) is 39.2. The summed E-state index contributed by atoms with van der Waals surface area (Å²) in [7, 11) is -2.07. The van der Waals surface area contributed by atoms with Gasteiger partial charge in [0.15, 0.2) is 8.32 Å². The van der Waals surface area contributed by atoms with Crippen molar-refractivity contribution < 1.29 is 32.6 Å². The molecular formula is C41H51FO6Si. The Balaban J connectivity index is 2.05. The number of ether oxygens (including phenoxy) is 3. The smallest absolute Gasteiger partial charge is 0.338 e. The van der Waals surface area contributed by atoms with Crippen LogP contribution in [0.1, 0.15) is 71.9 Å². The molecule has 0 radical (unpaired) electrons. The third-order valence-corrected chi connectivity index (χ3v) is 13.3. The summed E-state index contributed by atoms with van der Waals surface area (Å²) in [6, 6.07) is 16.5. The molecule has 49 heavy (non-hydrogen) atoms. The minimum atomic E-state index is -2.07. The molecule has 262 valence electrons. The fraction of sp³-hybridized carbons (Fsp3) is 0.366. The van der Waals surface area contributed by atoms with Crippen LogP contribution in [0, 0.1) is 5.82 Å². The zero-order valence-electron chi connectivity index (χ0n) is 30.3. The number of hydrogen-bond donors (Lipinski definition) is 0. The molecule has 0 aliphatic heterocycles. The summed E-state index contributed by atoms with van der Waals surface area (Å²) in [5.41, 5.74) is 4.49. The predicted molar refractivity (Wildman–Crippen MR) is 198 cm³/mol. The Morgan fingerprint density at radius 3 is 2.06 bits per heavy atom. The Kier molecular flexibility index (Phi) is 13.9. The molecule has 3 aromatic rings. The van der Waals surface area contributed by atoms with Crippen LogP contribution in [-0.2, 0) is 31.6 Å². The van der Waals surface area contributed by atoms with Crippen molar-refractivity contribution in [3.8, 4) is 33.8 Å². The number of unbranched alkanes of at least 4 members (excludes halogenated alkanes) is 2. The van der Waals surface area contributed by atoms with Crippen molar-refractivity contribution >= 4 is 20.3 Å². The van der Waals surface area contributed by atoms with Gasteiger partial charge in [-0.05, 0) is 86.1 Å². The van der Waals surface area contributed by atoms with E-state index in [9.17, 15) is 9.59 Å². The highest BCUT2D eigenvalue weighted by Crippen LogP contribution is 2.40. The second-order valence-electron chi connectivity index (χ2n) is 13.9. The molecule has 3 rings (SSSR count). The molecule has 0 atom stereocenters. The van der Waals surface area contributed by atoms with Gasteiger partial charge in [-0.15, -0.1) is 0 Å². The van der Waals surface area contributed by atoms with Gasteiger partial charge in [-0.25, -0.2) is 14.0 Å².